The maximum atomic E-state index is 12.1. The van der Waals surface area contributed by atoms with Gasteiger partial charge >= 0.3 is 0 Å². The zero-order valence-electron chi connectivity index (χ0n) is 13.5. The molecule has 3 aromatic rings. The highest BCUT2D eigenvalue weighted by molar-refractivity contribution is 5.96. The Labute approximate surface area is 141 Å². The van der Waals surface area contributed by atoms with Crippen molar-refractivity contribution < 1.29 is 24.1 Å². The fourth-order valence-corrected chi connectivity index (χ4v) is 1.92. The van der Waals surface area contributed by atoms with Gasteiger partial charge in [0.1, 0.15) is 17.8 Å². The summed E-state index contributed by atoms with van der Waals surface area (Å²) in [5, 5.41) is 20.9. The SMILES string of the molecule is Cc1nonc1OCCNC(=O)c1cnc2cnn(C)c2c1.O=CO. The lowest BCUT2D eigenvalue weighted by Crippen LogP contribution is -2.28. The van der Waals surface area contributed by atoms with Crippen LogP contribution in [0.5, 0.6) is 5.88 Å². The van der Waals surface area contributed by atoms with Gasteiger partial charge < -0.3 is 15.2 Å². The van der Waals surface area contributed by atoms with E-state index >= 15 is 0 Å². The maximum absolute atomic E-state index is 12.1. The van der Waals surface area contributed by atoms with E-state index in [9.17, 15) is 4.79 Å². The summed E-state index contributed by atoms with van der Waals surface area (Å²) in [4.78, 5) is 24.6. The molecule has 3 aromatic heterocycles. The van der Waals surface area contributed by atoms with Gasteiger partial charge in [0.25, 0.3) is 18.3 Å². The second-order valence-corrected chi connectivity index (χ2v) is 4.76. The molecule has 11 heteroatoms. The minimum Gasteiger partial charge on any atom is -0.483 e. The fraction of sp³-hybridized carbons (Fsp3) is 0.286. The van der Waals surface area contributed by atoms with Gasteiger partial charge in [-0.1, -0.05) is 5.16 Å². The van der Waals surface area contributed by atoms with Gasteiger partial charge in [0.2, 0.25) is 0 Å². The number of aryl methyl sites for hydroxylation is 2. The van der Waals surface area contributed by atoms with Gasteiger partial charge in [-0.25, -0.2) is 4.63 Å². The van der Waals surface area contributed by atoms with Crippen molar-refractivity contribution in [1.82, 2.24) is 30.4 Å². The van der Waals surface area contributed by atoms with Crippen LogP contribution >= 0.6 is 0 Å². The van der Waals surface area contributed by atoms with Crippen LogP contribution in [0.1, 0.15) is 16.1 Å². The number of nitrogens with one attached hydrogen (secondary N) is 1. The van der Waals surface area contributed by atoms with Crippen molar-refractivity contribution in [2.75, 3.05) is 13.2 Å². The second kappa shape index (κ2) is 8.38. The first-order chi connectivity index (χ1) is 12.1. The predicted molar refractivity (Wildman–Crippen MR) is 84.1 cm³/mol. The van der Waals surface area contributed by atoms with E-state index in [-0.39, 0.29) is 19.0 Å². The van der Waals surface area contributed by atoms with E-state index in [0.29, 0.717) is 23.7 Å². The Morgan fingerprint density at radius 3 is 2.88 bits per heavy atom. The van der Waals surface area contributed by atoms with E-state index in [2.05, 4.69) is 30.3 Å². The number of nitrogens with zero attached hydrogens (tertiary/aromatic N) is 5. The first kappa shape index (κ1) is 17.8. The third kappa shape index (κ3) is 4.50. The average molecular weight is 348 g/mol. The monoisotopic (exact) mass is 348 g/mol. The number of amides is 1. The van der Waals surface area contributed by atoms with Crippen LogP contribution in [0.4, 0.5) is 0 Å². The first-order valence-corrected chi connectivity index (χ1v) is 7.12. The van der Waals surface area contributed by atoms with Gasteiger partial charge in [0, 0.05) is 13.2 Å². The van der Waals surface area contributed by atoms with Crippen LogP contribution in [-0.2, 0) is 11.8 Å². The molecule has 0 unspecified atom stereocenters. The zero-order chi connectivity index (χ0) is 18.2. The highest BCUT2D eigenvalue weighted by Crippen LogP contribution is 2.12. The summed E-state index contributed by atoms with van der Waals surface area (Å²) in [5.74, 6) is 0.0985. The van der Waals surface area contributed by atoms with Crippen LogP contribution in [0.25, 0.3) is 11.0 Å². The number of hydrogen-bond donors (Lipinski definition) is 2. The normalized spacial score (nSPS) is 10.0. The summed E-state index contributed by atoms with van der Waals surface area (Å²) in [5.41, 5.74) is 2.58. The number of rotatable bonds is 5. The Bertz CT molecular complexity index is 858. The van der Waals surface area contributed by atoms with E-state index in [0.717, 1.165) is 11.0 Å². The van der Waals surface area contributed by atoms with Gasteiger partial charge in [-0.3, -0.25) is 19.3 Å². The van der Waals surface area contributed by atoms with E-state index in [1.807, 2.05) is 0 Å². The lowest BCUT2D eigenvalue weighted by atomic mass is 10.2. The Hall–Kier alpha value is -3.50. The number of hydrogen-bond acceptors (Lipinski definition) is 8. The van der Waals surface area contributed by atoms with Crippen LogP contribution < -0.4 is 10.1 Å². The molecule has 0 radical (unpaired) electrons. The van der Waals surface area contributed by atoms with Crippen molar-refractivity contribution >= 4 is 23.4 Å². The molecule has 1 amide bonds. The van der Waals surface area contributed by atoms with Crippen molar-refractivity contribution in [2.24, 2.45) is 7.05 Å². The van der Waals surface area contributed by atoms with Gasteiger partial charge in [-0.05, 0) is 18.1 Å². The molecule has 132 valence electrons. The van der Waals surface area contributed by atoms with Crippen LogP contribution in [0, 0.1) is 6.92 Å². The molecule has 0 saturated carbocycles. The van der Waals surface area contributed by atoms with Gasteiger partial charge in [0.05, 0.1) is 23.8 Å². The molecule has 0 aliphatic carbocycles. The van der Waals surface area contributed by atoms with Crippen molar-refractivity contribution in [3.63, 3.8) is 0 Å². The maximum Gasteiger partial charge on any atom is 0.290 e. The minimum absolute atomic E-state index is 0.228. The number of pyridine rings is 1. The van der Waals surface area contributed by atoms with E-state index < -0.39 is 0 Å². The van der Waals surface area contributed by atoms with E-state index in [4.69, 9.17) is 14.6 Å². The largest absolute Gasteiger partial charge is 0.483 e. The summed E-state index contributed by atoms with van der Waals surface area (Å²) in [6, 6.07) is 1.75. The van der Waals surface area contributed by atoms with Crippen LogP contribution in [0.2, 0.25) is 0 Å². The number of carboxylic acid groups (broad SMARTS) is 1. The topological polar surface area (TPSA) is 145 Å². The molecule has 3 heterocycles. The number of fused-ring (bicyclic) bond motifs is 1. The number of carbonyl (C=O) groups is 2. The summed E-state index contributed by atoms with van der Waals surface area (Å²) in [6.45, 7) is 2.07. The molecule has 0 spiro atoms. The molecule has 0 aliphatic rings. The quantitative estimate of drug-likeness (QED) is 0.486. The molecule has 11 nitrogen and oxygen atoms in total. The smallest absolute Gasteiger partial charge is 0.290 e. The van der Waals surface area contributed by atoms with Crippen LogP contribution in [0.3, 0.4) is 0 Å². The van der Waals surface area contributed by atoms with E-state index in [1.54, 1.807) is 30.9 Å². The minimum atomic E-state index is -0.250. The number of ether oxygens (including phenoxy) is 1. The van der Waals surface area contributed by atoms with Crippen molar-refractivity contribution in [3.8, 4) is 5.88 Å². The predicted octanol–water partition coefficient (Wildman–Crippen LogP) is 0.169. The molecule has 3 rings (SSSR count). The Morgan fingerprint density at radius 1 is 1.44 bits per heavy atom. The highest BCUT2D eigenvalue weighted by atomic mass is 16.6. The van der Waals surface area contributed by atoms with Gasteiger partial charge in [-0.15, -0.1) is 0 Å². The van der Waals surface area contributed by atoms with Crippen molar-refractivity contribution in [1.29, 1.82) is 0 Å². The highest BCUT2D eigenvalue weighted by Gasteiger charge is 2.10. The molecule has 2 N–H and O–H groups in total. The van der Waals surface area contributed by atoms with Gasteiger partial charge in [-0.2, -0.15) is 5.10 Å². The number of carbonyl (C=O) groups excluding carboxylic acids is 1. The molecular formula is C14H16N6O5. The third-order valence-corrected chi connectivity index (χ3v) is 3.10. The van der Waals surface area contributed by atoms with Crippen molar-refractivity contribution in [2.45, 2.75) is 6.92 Å². The Balaban J connectivity index is 0.000000701. The Kier molecular flexibility index (Phi) is 5.98. The lowest BCUT2D eigenvalue weighted by molar-refractivity contribution is -0.122. The standard InChI is InChI=1S/C13H14N6O3.CH2O2/c1-8-13(18-22-17-8)21-4-3-14-12(20)9-5-11-10(15-6-9)7-16-19(11)2;2-1-3/h5-7H,3-4H2,1-2H3,(H,14,20);1H,(H,2,3). The molecule has 0 fully saturated rings. The summed E-state index contributed by atoms with van der Waals surface area (Å²) in [6.07, 6.45) is 3.17. The molecular weight excluding hydrogens is 332 g/mol. The fourth-order valence-electron chi connectivity index (χ4n) is 1.92. The Morgan fingerprint density at radius 2 is 2.20 bits per heavy atom. The summed E-state index contributed by atoms with van der Waals surface area (Å²) in [7, 11) is 1.80. The van der Waals surface area contributed by atoms with Crippen LogP contribution in [-0.4, -0.2) is 55.7 Å². The average Bonchev–Trinajstić information content (AvgIpc) is 3.18. The molecule has 0 atom stereocenters. The van der Waals surface area contributed by atoms with E-state index in [1.165, 1.54) is 6.20 Å². The second-order valence-electron chi connectivity index (χ2n) is 4.76. The lowest BCUT2D eigenvalue weighted by Gasteiger charge is -2.06. The summed E-state index contributed by atoms with van der Waals surface area (Å²) < 4.78 is 11.5. The summed E-state index contributed by atoms with van der Waals surface area (Å²) >= 11 is 0. The zero-order valence-corrected chi connectivity index (χ0v) is 13.5. The number of aromatic nitrogens is 5. The molecule has 0 aromatic carbocycles. The molecule has 0 aliphatic heterocycles. The molecule has 25 heavy (non-hydrogen) atoms. The first-order valence-electron chi connectivity index (χ1n) is 7.12. The van der Waals surface area contributed by atoms with Crippen LogP contribution in [0.15, 0.2) is 23.1 Å². The third-order valence-electron chi connectivity index (χ3n) is 3.10. The van der Waals surface area contributed by atoms with Crippen molar-refractivity contribution in [3.05, 3.63) is 29.7 Å². The molecule has 0 saturated heterocycles. The molecule has 0 bridgehead atoms. The van der Waals surface area contributed by atoms with Gasteiger partial charge in [0.15, 0.2) is 0 Å².